The molecule has 2 aromatic rings. The molecule has 0 fully saturated rings. The van der Waals surface area contributed by atoms with Gasteiger partial charge in [-0.05, 0) is 30.7 Å². The summed E-state index contributed by atoms with van der Waals surface area (Å²) in [5.74, 6) is 3.46. The minimum atomic E-state index is -0.458. The minimum absolute atomic E-state index is 0.00576. The smallest absolute Gasteiger partial charge is 0.205 e. The number of nitrogens with two attached hydrogens (primary N) is 1. The fourth-order valence-corrected chi connectivity index (χ4v) is 3.00. The normalized spacial score (nSPS) is 15.1. The molecular weight excluding hydrogens is 344 g/mol. The first-order valence-electron chi connectivity index (χ1n) is 8.32. The van der Waals surface area contributed by atoms with Crippen molar-refractivity contribution in [2.75, 3.05) is 13.2 Å². The van der Waals surface area contributed by atoms with Crippen LogP contribution in [0.5, 0.6) is 23.0 Å². The van der Waals surface area contributed by atoms with Gasteiger partial charge in [-0.1, -0.05) is 18.1 Å². The first kappa shape index (κ1) is 18.0. The van der Waals surface area contributed by atoms with Crippen molar-refractivity contribution in [3.63, 3.8) is 0 Å². The van der Waals surface area contributed by atoms with Crippen molar-refractivity contribution in [3.8, 4) is 41.4 Å². The number of benzene rings is 2. The van der Waals surface area contributed by atoms with Gasteiger partial charge < -0.3 is 25.1 Å². The van der Waals surface area contributed by atoms with Crippen molar-refractivity contribution in [3.05, 3.63) is 59.0 Å². The molecule has 6 nitrogen and oxygen atoms in total. The van der Waals surface area contributed by atoms with Gasteiger partial charge in [0.2, 0.25) is 5.88 Å². The first-order valence-corrected chi connectivity index (χ1v) is 8.32. The number of hydrogen-bond acceptors (Lipinski definition) is 6. The summed E-state index contributed by atoms with van der Waals surface area (Å²) in [5, 5.41) is 19.4. The van der Waals surface area contributed by atoms with Gasteiger partial charge >= 0.3 is 0 Å². The van der Waals surface area contributed by atoms with Gasteiger partial charge in [-0.25, -0.2) is 0 Å². The third-order valence-electron chi connectivity index (χ3n) is 4.11. The zero-order valence-corrected chi connectivity index (χ0v) is 14.7. The molecule has 0 saturated heterocycles. The van der Waals surface area contributed by atoms with Crippen LogP contribution in [0.25, 0.3) is 0 Å². The van der Waals surface area contributed by atoms with Crippen molar-refractivity contribution in [2.45, 2.75) is 12.8 Å². The highest BCUT2D eigenvalue weighted by molar-refractivity contribution is 5.58. The van der Waals surface area contributed by atoms with E-state index >= 15 is 0 Å². The van der Waals surface area contributed by atoms with E-state index in [2.05, 4.69) is 12.0 Å². The summed E-state index contributed by atoms with van der Waals surface area (Å²) in [5.41, 5.74) is 7.73. The van der Waals surface area contributed by atoms with E-state index in [1.54, 1.807) is 24.3 Å². The molecule has 136 valence electrons. The van der Waals surface area contributed by atoms with E-state index in [9.17, 15) is 10.4 Å². The van der Waals surface area contributed by atoms with Gasteiger partial charge in [-0.15, -0.1) is 6.42 Å². The number of nitriles is 1. The SMILES string of the molecule is C#CCOc1ccc([C@@H]2C(C#N)=C(N)Oc3cc(O)ccc32)cc1OCC. The number of phenolic OH excluding ortho intramolecular Hbond substituents is 1. The maximum absolute atomic E-state index is 9.73. The van der Waals surface area contributed by atoms with Gasteiger partial charge in [0.25, 0.3) is 0 Å². The molecule has 27 heavy (non-hydrogen) atoms. The van der Waals surface area contributed by atoms with Gasteiger partial charge in [0.1, 0.15) is 29.7 Å². The molecule has 0 spiro atoms. The molecule has 0 unspecified atom stereocenters. The van der Waals surface area contributed by atoms with Crippen LogP contribution < -0.4 is 19.9 Å². The van der Waals surface area contributed by atoms with E-state index in [0.717, 1.165) is 11.1 Å². The van der Waals surface area contributed by atoms with Crippen LogP contribution in [0.15, 0.2) is 47.9 Å². The third kappa shape index (κ3) is 3.47. The summed E-state index contributed by atoms with van der Waals surface area (Å²) in [6, 6.07) is 12.2. The fourth-order valence-electron chi connectivity index (χ4n) is 3.00. The van der Waals surface area contributed by atoms with Crippen molar-refractivity contribution >= 4 is 0 Å². The van der Waals surface area contributed by atoms with Gasteiger partial charge in [-0.3, -0.25) is 0 Å². The number of aromatic hydroxyl groups is 1. The summed E-state index contributed by atoms with van der Waals surface area (Å²) >= 11 is 0. The van der Waals surface area contributed by atoms with Crippen molar-refractivity contribution in [2.24, 2.45) is 5.73 Å². The van der Waals surface area contributed by atoms with Gasteiger partial charge in [-0.2, -0.15) is 5.26 Å². The predicted molar refractivity (Wildman–Crippen MR) is 99.3 cm³/mol. The van der Waals surface area contributed by atoms with Crippen LogP contribution in [-0.2, 0) is 0 Å². The second-order valence-electron chi connectivity index (χ2n) is 5.78. The van der Waals surface area contributed by atoms with Crippen LogP contribution in [0, 0.1) is 23.7 Å². The molecular formula is C21H18N2O4. The van der Waals surface area contributed by atoms with E-state index in [4.69, 9.17) is 26.4 Å². The van der Waals surface area contributed by atoms with Crippen LogP contribution in [0.2, 0.25) is 0 Å². The molecule has 1 heterocycles. The van der Waals surface area contributed by atoms with Crippen molar-refractivity contribution in [1.29, 1.82) is 5.26 Å². The Bertz CT molecular complexity index is 983. The molecule has 3 rings (SSSR count). The summed E-state index contributed by atoms with van der Waals surface area (Å²) in [4.78, 5) is 0. The minimum Gasteiger partial charge on any atom is -0.508 e. The van der Waals surface area contributed by atoms with Gasteiger partial charge in [0.15, 0.2) is 11.5 Å². The molecule has 2 aromatic carbocycles. The molecule has 1 atom stereocenters. The summed E-state index contributed by atoms with van der Waals surface area (Å²) < 4.78 is 16.7. The molecule has 0 radical (unpaired) electrons. The maximum Gasteiger partial charge on any atom is 0.205 e. The van der Waals surface area contributed by atoms with E-state index in [1.165, 1.54) is 6.07 Å². The lowest BCUT2D eigenvalue weighted by Crippen LogP contribution is -2.21. The number of ether oxygens (including phenoxy) is 3. The molecule has 0 saturated carbocycles. The standard InChI is InChI=1S/C21H18N2O4/c1-3-9-26-17-8-5-13(10-19(17)25-4-2)20-15-7-6-14(24)11-18(15)27-21(23)16(20)12-22/h1,5-8,10-11,20,24H,4,9,23H2,2H3/t20-/m0/s1. The van der Waals surface area contributed by atoms with Crippen LogP contribution >= 0.6 is 0 Å². The van der Waals surface area contributed by atoms with Crippen LogP contribution in [-0.4, -0.2) is 18.3 Å². The zero-order chi connectivity index (χ0) is 19.4. The molecule has 6 heteroatoms. The predicted octanol–water partition coefficient (Wildman–Crippen LogP) is 3.02. The lowest BCUT2D eigenvalue weighted by Gasteiger charge is -2.27. The Balaban J connectivity index is 2.13. The van der Waals surface area contributed by atoms with E-state index in [0.29, 0.717) is 23.9 Å². The van der Waals surface area contributed by atoms with Gasteiger partial charge in [0.05, 0.1) is 12.5 Å². The Labute approximate surface area is 157 Å². The number of terminal acetylenes is 1. The number of hydrogen-bond donors (Lipinski definition) is 2. The Morgan fingerprint density at radius 2 is 2.04 bits per heavy atom. The monoisotopic (exact) mass is 362 g/mol. The Kier molecular flexibility index (Phi) is 5.10. The topological polar surface area (TPSA) is 97.7 Å². The lowest BCUT2D eigenvalue weighted by atomic mass is 9.83. The van der Waals surface area contributed by atoms with E-state index < -0.39 is 5.92 Å². The average molecular weight is 362 g/mol. The highest BCUT2D eigenvalue weighted by Gasteiger charge is 2.31. The Morgan fingerprint density at radius 1 is 1.22 bits per heavy atom. The van der Waals surface area contributed by atoms with Crippen molar-refractivity contribution < 1.29 is 19.3 Å². The molecule has 0 bridgehead atoms. The Hall–Kier alpha value is -3.77. The summed E-state index contributed by atoms with van der Waals surface area (Å²) in [6.45, 7) is 2.43. The molecule has 0 aromatic heterocycles. The van der Waals surface area contributed by atoms with Gasteiger partial charge in [0, 0.05) is 11.6 Å². The number of fused-ring (bicyclic) bond motifs is 1. The zero-order valence-electron chi connectivity index (χ0n) is 14.7. The quantitative estimate of drug-likeness (QED) is 0.794. The summed E-state index contributed by atoms with van der Waals surface area (Å²) in [6.07, 6.45) is 5.26. The van der Waals surface area contributed by atoms with Crippen LogP contribution in [0.4, 0.5) is 0 Å². The number of nitrogens with zero attached hydrogens (tertiary/aromatic N) is 1. The van der Waals surface area contributed by atoms with Crippen molar-refractivity contribution in [1.82, 2.24) is 0 Å². The lowest BCUT2D eigenvalue weighted by molar-refractivity contribution is 0.299. The summed E-state index contributed by atoms with van der Waals surface area (Å²) in [7, 11) is 0. The maximum atomic E-state index is 9.73. The Morgan fingerprint density at radius 3 is 2.74 bits per heavy atom. The second kappa shape index (κ2) is 7.63. The average Bonchev–Trinajstić information content (AvgIpc) is 2.66. The first-order chi connectivity index (χ1) is 13.1. The van der Waals surface area contributed by atoms with Crippen LogP contribution in [0.1, 0.15) is 24.0 Å². The molecule has 0 amide bonds. The highest BCUT2D eigenvalue weighted by atomic mass is 16.5. The largest absolute Gasteiger partial charge is 0.508 e. The fraction of sp³-hybridized carbons (Fsp3) is 0.190. The molecule has 3 N–H and O–H groups in total. The van der Waals surface area contributed by atoms with E-state index in [1.807, 2.05) is 13.0 Å². The van der Waals surface area contributed by atoms with E-state index in [-0.39, 0.29) is 23.8 Å². The molecule has 1 aliphatic rings. The highest BCUT2D eigenvalue weighted by Crippen LogP contribution is 2.44. The number of allylic oxidation sites excluding steroid dienone is 1. The number of phenols is 1. The molecule has 1 aliphatic heterocycles. The van der Waals surface area contributed by atoms with Crippen LogP contribution in [0.3, 0.4) is 0 Å². The number of rotatable bonds is 5. The molecule has 0 aliphatic carbocycles. The second-order valence-corrected chi connectivity index (χ2v) is 5.78. The third-order valence-corrected chi connectivity index (χ3v) is 4.11.